The standard InChI is InChI=1S/C26H27ClF3N7/c1-16-31-7-4-21(32-16)35-8-5-17(6-9-35)23-34-33-22-12-36(25-13-24(14-25,15-25)26(28,29)30)11-18-10-19(27)2-3-20(18)37(22)23/h2-4,7,10,17H,5-6,8-9,11-15H2,1H3. The van der Waals surface area contributed by atoms with Crippen LogP contribution in [0.2, 0.25) is 5.02 Å². The fourth-order valence-corrected chi connectivity index (χ4v) is 7.18. The summed E-state index contributed by atoms with van der Waals surface area (Å²) in [6, 6.07) is 7.74. The van der Waals surface area contributed by atoms with Crippen molar-refractivity contribution in [1.82, 2.24) is 29.6 Å². The first-order chi connectivity index (χ1) is 17.7. The summed E-state index contributed by atoms with van der Waals surface area (Å²) in [5.41, 5.74) is 0.0722. The minimum atomic E-state index is -4.13. The van der Waals surface area contributed by atoms with Gasteiger partial charge in [-0.25, -0.2) is 9.97 Å². The number of hydrogen-bond donors (Lipinski definition) is 0. The van der Waals surface area contributed by atoms with E-state index in [9.17, 15) is 13.2 Å². The molecule has 0 N–H and O–H groups in total. The molecular weight excluding hydrogens is 503 g/mol. The van der Waals surface area contributed by atoms with Crippen LogP contribution in [0.1, 0.15) is 61.1 Å². The molecule has 37 heavy (non-hydrogen) atoms. The van der Waals surface area contributed by atoms with Crippen molar-refractivity contribution in [2.45, 2.75) is 69.8 Å². The molecule has 2 bridgehead atoms. The quantitative estimate of drug-likeness (QED) is 0.464. The molecule has 5 aliphatic rings. The van der Waals surface area contributed by atoms with Crippen LogP contribution < -0.4 is 4.90 Å². The molecular formula is C26H27ClF3N7. The first-order valence-electron chi connectivity index (χ1n) is 12.8. The van der Waals surface area contributed by atoms with Gasteiger partial charge in [-0.3, -0.25) is 9.47 Å². The molecule has 8 rings (SSSR count). The molecule has 3 aromatic rings. The molecule has 4 fully saturated rings. The highest BCUT2D eigenvalue weighted by molar-refractivity contribution is 6.30. The van der Waals surface area contributed by atoms with Crippen LogP contribution in [-0.2, 0) is 13.1 Å². The van der Waals surface area contributed by atoms with Crippen molar-refractivity contribution in [3.05, 3.63) is 58.5 Å². The Kier molecular flexibility index (Phi) is 4.99. The number of halogens is 4. The molecule has 2 aromatic heterocycles. The molecule has 0 radical (unpaired) electrons. The van der Waals surface area contributed by atoms with Crippen LogP contribution >= 0.6 is 11.6 Å². The lowest BCUT2D eigenvalue weighted by Gasteiger charge is -2.73. The summed E-state index contributed by atoms with van der Waals surface area (Å²) in [7, 11) is 0. The summed E-state index contributed by atoms with van der Waals surface area (Å²) in [5.74, 6) is 3.63. The summed E-state index contributed by atoms with van der Waals surface area (Å²) in [6.45, 7) is 4.63. The molecule has 2 aliphatic heterocycles. The highest BCUT2D eigenvalue weighted by atomic mass is 35.5. The second-order valence-electron chi connectivity index (χ2n) is 11.2. The van der Waals surface area contributed by atoms with Crippen molar-refractivity contribution in [2.24, 2.45) is 5.41 Å². The second kappa shape index (κ2) is 7.89. The van der Waals surface area contributed by atoms with E-state index in [1.165, 1.54) is 0 Å². The van der Waals surface area contributed by atoms with Gasteiger partial charge in [0.1, 0.15) is 17.5 Å². The van der Waals surface area contributed by atoms with Crippen LogP contribution in [-0.4, -0.2) is 54.4 Å². The average Bonchev–Trinajstić information content (AvgIpc) is 3.13. The Bertz CT molecular complexity index is 1360. The number of rotatable bonds is 3. The Morgan fingerprint density at radius 1 is 1.03 bits per heavy atom. The van der Waals surface area contributed by atoms with E-state index in [1.54, 1.807) is 6.20 Å². The molecule has 0 amide bonds. The molecule has 11 heteroatoms. The van der Waals surface area contributed by atoms with Crippen LogP contribution in [0.3, 0.4) is 0 Å². The van der Waals surface area contributed by atoms with Gasteiger partial charge in [0, 0.05) is 42.3 Å². The van der Waals surface area contributed by atoms with Crippen molar-refractivity contribution >= 4 is 17.4 Å². The van der Waals surface area contributed by atoms with Gasteiger partial charge in [0.15, 0.2) is 5.82 Å². The lowest BCUT2D eigenvalue weighted by molar-refractivity contribution is -0.364. The van der Waals surface area contributed by atoms with Crippen LogP contribution in [0.25, 0.3) is 5.69 Å². The lowest BCUT2D eigenvalue weighted by Crippen LogP contribution is -2.78. The smallest absolute Gasteiger partial charge is 0.356 e. The SMILES string of the molecule is Cc1nccc(N2CCC(c3nnc4n3-c3ccc(Cl)cc3CN(C35CC(C(F)(F)F)(C3)C5)C4)CC2)n1. The molecule has 4 heterocycles. The first kappa shape index (κ1) is 23.4. The number of fused-ring (bicyclic) bond motifs is 3. The van der Waals surface area contributed by atoms with Gasteiger partial charge in [0.25, 0.3) is 0 Å². The number of aryl methyl sites for hydroxylation is 1. The summed E-state index contributed by atoms with van der Waals surface area (Å²) in [6.07, 6.45) is -0.0192. The molecule has 3 saturated carbocycles. The molecule has 1 aromatic carbocycles. The van der Waals surface area contributed by atoms with Crippen molar-refractivity contribution in [1.29, 1.82) is 0 Å². The number of aromatic nitrogens is 5. The molecule has 0 spiro atoms. The summed E-state index contributed by atoms with van der Waals surface area (Å²) in [5, 5.41) is 9.86. The lowest BCUT2D eigenvalue weighted by atomic mass is 9.38. The Hall–Kier alpha value is -2.72. The van der Waals surface area contributed by atoms with Crippen LogP contribution in [0.5, 0.6) is 0 Å². The normalized spacial score (nSPS) is 27.6. The van der Waals surface area contributed by atoms with Crippen molar-refractivity contribution < 1.29 is 13.2 Å². The van der Waals surface area contributed by atoms with Gasteiger partial charge in [-0.2, -0.15) is 13.2 Å². The van der Waals surface area contributed by atoms with E-state index in [-0.39, 0.29) is 25.2 Å². The van der Waals surface area contributed by atoms with Gasteiger partial charge < -0.3 is 4.90 Å². The largest absolute Gasteiger partial charge is 0.394 e. The number of benzene rings is 1. The Balaban J connectivity index is 1.18. The maximum Gasteiger partial charge on any atom is 0.394 e. The molecule has 0 unspecified atom stereocenters. The Labute approximate surface area is 217 Å². The van der Waals surface area contributed by atoms with E-state index in [4.69, 9.17) is 11.6 Å². The molecule has 194 valence electrons. The number of piperidine rings is 1. The van der Waals surface area contributed by atoms with E-state index >= 15 is 0 Å². The number of nitrogens with zero attached hydrogens (tertiary/aromatic N) is 7. The minimum absolute atomic E-state index is 0.168. The minimum Gasteiger partial charge on any atom is -0.356 e. The van der Waals surface area contributed by atoms with E-state index in [2.05, 4.69) is 34.5 Å². The summed E-state index contributed by atoms with van der Waals surface area (Å²) < 4.78 is 42.8. The first-order valence-corrected chi connectivity index (χ1v) is 13.1. The fourth-order valence-electron chi connectivity index (χ4n) is 6.98. The van der Waals surface area contributed by atoms with Crippen molar-refractivity contribution in [3.8, 4) is 5.69 Å². The highest BCUT2D eigenvalue weighted by Crippen LogP contribution is 2.75. The predicted octanol–water partition coefficient (Wildman–Crippen LogP) is 5.20. The van der Waals surface area contributed by atoms with Gasteiger partial charge in [-0.1, -0.05) is 11.6 Å². The molecule has 0 atom stereocenters. The van der Waals surface area contributed by atoms with Crippen molar-refractivity contribution in [2.75, 3.05) is 18.0 Å². The zero-order chi connectivity index (χ0) is 25.6. The van der Waals surface area contributed by atoms with E-state index in [0.717, 1.165) is 60.5 Å². The maximum atomic E-state index is 13.6. The fraction of sp³-hybridized carbons (Fsp3) is 0.538. The van der Waals surface area contributed by atoms with E-state index < -0.39 is 17.1 Å². The Morgan fingerprint density at radius 2 is 1.78 bits per heavy atom. The number of anilines is 1. The van der Waals surface area contributed by atoms with Crippen LogP contribution in [0.15, 0.2) is 30.5 Å². The van der Waals surface area contributed by atoms with Gasteiger partial charge in [-0.15, -0.1) is 10.2 Å². The number of alkyl halides is 3. The third-order valence-corrected chi connectivity index (χ3v) is 9.19. The van der Waals surface area contributed by atoms with Crippen LogP contribution in [0, 0.1) is 12.3 Å². The monoisotopic (exact) mass is 529 g/mol. The van der Waals surface area contributed by atoms with Gasteiger partial charge in [0.2, 0.25) is 0 Å². The summed E-state index contributed by atoms with van der Waals surface area (Å²) in [4.78, 5) is 13.2. The average molecular weight is 530 g/mol. The van der Waals surface area contributed by atoms with Crippen LogP contribution in [0.4, 0.5) is 19.0 Å². The molecule has 3 aliphatic carbocycles. The zero-order valence-corrected chi connectivity index (χ0v) is 21.2. The predicted molar refractivity (Wildman–Crippen MR) is 132 cm³/mol. The second-order valence-corrected chi connectivity index (χ2v) is 11.6. The third kappa shape index (κ3) is 3.51. The maximum absolute atomic E-state index is 13.6. The van der Waals surface area contributed by atoms with E-state index in [1.807, 2.05) is 31.2 Å². The number of hydrogen-bond acceptors (Lipinski definition) is 6. The zero-order valence-electron chi connectivity index (χ0n) is 20.5. The molecule has 7 nitrogen and oxygen atoms in total. The highest BCUT2D eigenvalue weighted by Gasteiger charge is 2.79. The van der Waals surface area contributed by atoms with Crippen molar-refractivity contribution in [3.63, 3.8) is 0 Å². The third-order valence-electron chi connectivity index (χ3n) is 8.95. The Morgan fingerprint density at radius 3 is 2.49 bits per heavy atom. The van der Waals surface area contributed by atoms with Gasteiger partial charge in [-0.05, 0) is 68.9 Å². The van der Waals surface area contributed by atoms with E-state index in [0.29, 0.717) is 18.1 Å². The topological polar surface area (TPSA) is 63.0 Å². The summed E-state index contributed by atoms with van der Waals surface area (Å²) >= 11 is 6.38. The molecule has 1 saturated heterocycles. The van der Waals surface area contributed by atoms with Gasteiger partial charge >= 0.3 is 6.18 Å². The van der Waals surface area contributed by atoms with Gasteiger partial charge in [0.05, 0.1) is 17.6 Å².